The van der Waals surface area contributed by atoms with E-state index < -0.39 is 0 Å². The van der Waals surface area contributed by atoms with Crippen LogP contribution >= 0.6 is 28.1 Å². The second kappa shape index (κ2) is 8.01. The quantitative estimate of drug-likeness (QED) is 0.536. The molecule has 0 spiro atoms. The largest absolute Gasteiger partial charge is 0.362 e. The van der Waals surface area contributed by atoms with E-state index in [0.29, 0.717) is 18.1 Å². The van der Waals surface area contributed by atoms with Crippen molar-refractivity contribution in [1.82, 2.24) is 10.3 Å². The summed E-state index contributed by atoms with van der Waals surface area (Å²) in [6.45, 7) is 4.70. The first-order valence-corrected chi connectivity index (χ1v) is 9.56. The SMILES string of the molecule is Cc1cc2cc(CCNC(=S)Nc3cccc(Br)c3)c(=O)[nH]c2cc1C. The fourth-order valence-corrected chi connectivity index (χ4v) is 3.38. The Labute approximate surface area is 166 Å². The molecule has 0 aliphatic heterocycles. The van der Waals surface area contributed by atoms with Gasteiger partial charge in [-0.15, -0.1) is 0 Å². The van der Waals surface area contributed by atoms with Gasteiger partial charge in [-0.1, -0.05) is 22.0 Å². The maximum atomic E-state index is 12.3. The lowest BCUT2D eigenvalue weighted by atomic mass is 10.0. The average Bonchev–Trinajstić information content (AvgIpc) is 2.57. The summed E-state index contributed by atoms with van der Waals surface area (Å²) in [6.07, 6.45) is 0.596. The Morgan fingerprint density at radius 3 is 2.69 bits per heavy atom. The third-order valence-electron chi connectivity index (χ3n) is 4.30. The predicted octanol–water partition coefficient (Wildman–Crippen LogP) is 4.44. The van der Waals surface area contributed by atoms with Crippen molar-refractivity contribution in [2.24, 2.45) is 0 Å². The molecular formula is C20H20BrN3OS. The molecule has 6 heteroatoms. The van der Waals surface area contributed by atoms with Crippen molar-refractivity contribution < 1.29 is 0 Å². The Kier molecular flexibility index (Phi) is 5.74. The van der Waals surface area contributed by atoms with E-state index in [1.54, 1.807) is 0 Å². The molecule has 1 aromatic heterocycles. The highest BCUT2D eigenvalue weighted by Crippen LogP contribution is 2.17. The van der Waals surface area contributed by atoms with Crippen LogP contribution in [0, 0.1) is 13.8 Å². The Morgan fingerprint density at radius 2 is 1.92 bits per heavy atom. The van der Waals surface area contributed by atoms with E-state index in [9.17, 15) is 4.79 Å². The van der Waals surface area contributed by atoms with Crippen molar-refractivity contribution in [2.75, 3.05) is 11.9 Å². The highest BCUT2D eigenvalue weighted by Gasteiger charge is 2.05. The molecule has 0 amide bonds. The molecule has 0 aliphatic rings. The molecule has 0 unspecified atom stereocenters. The van der Waals surface area contributed by atoms with Crippen LogP contribution in [0.15, 0.2) is 51.7 Å². The van der Waals surface area contributed by atoms with E-state index in [0.717, 1.165) is 26.6 Å². The molecule has 0 atom stereocenters. The van der Waals surface area contributed by atoms with Gasteiger partial charge in [-0.25, -0.2) is 0 Å². The molecule has 0 saturated heterocycles. The van der Waals surface area contributed by atoms with Gasteiger partial charge in [0.15, 0.2) is 5.11 Å². The molecule has 0 radical (unpaired) electrons. The summed E-state index contributed by atoms with van der Waals surface area (Å²) < 4.78 is 0.985. The zero-order valence-electron chi connectivity index (χ0n) is 14.7. The van der Waals surface area contributed by atoms with Crippen molar-refractivity contribution >= 4 is 49.9 Å². The van der Waals surface area contributed by atoms with Gasteiger partial charge in [0.25, 0.3) is 5.56 Å². The average molecular weight is 430 g/mol. The topological polar surface area (TPSA) is 56.9 Å². The second-order valence-corrected chi connectivity index (χ2v) is 7.61. The van der Waals surface area contributed by atoms with Gasteiger partial charge >= 0.3 is 0 Å². The number of pyridine rings is 1. The third-order valence-corrected chi connectivity index (χ3v) is 5.04. The Balaban J connectivity index is 1.64. The summed E-state index contributed by atoms with van der Waals surface area (Å²) >= 11 is 8.74. The molecule has 3 N–H and O–H groups in total. The van der Waals surface area contributed by atoms with Crippen LogP contribution in [0.25, 0.3) is 10.9 Å². The Bertz CT molecular complexity index is 1030. The van der Waals surface area contributed by atoms with Crippen molar-refractivity contribution in [1.29, 1.82) is 0 Å². The van der Waals surface area contributed by atoms with E-state index in [4.69, 9.17) is 12.2 Å². The maximum absolute atomic E-state index is 12.3. The summed E-state index contributed by atoms with van der Waals surface area (Å²) in [5, 5.41) is 7.87. The lowest BCUT2D eigenvalue weighted by Gasteiger charge is -2.11. The first-order chi connectivity index (χ1) is 12.4. The van der Waals surface area contributed by atoms with Gasteiger partial charge in [0, 0.05) is 27.8 Å². The van der Waals surface area contributed by atoms with Gasteiger partial charge in [-0.3, -0.25) is 4.79 Å². The molecule has 1 heterocycles. The summed E-state index contributed by atoms with van der Waals surface area (Å²) in [5.41, 5.74) is 4.87. The number of fused-ring (bicyclic) bond motifs is 1. The van der Waals surface area contributed by atoms with Gasteiger partial charge in [0.05, 0.1) is 0 Å². The van der Waals surface area contributed by atoms with E-state index in [1.165, 1.54) is 11.1 Å². The number of nitrogens with one attached hydrogen (secondary N) is 3. The van der Waals surface area contributed by atoms with Crippen LogP contribution < -0.4 is 16.2 Å². The van der Waals surface area contributed by atoms with Gasteiger partial charge in [-0.2, -0.15) is 0 Å². The highest BCUT2D eigenvalue weighted by molar-refractivity contribution is 9.10. The van der Waals surface area contributed by atoms with Gasteiger partial charge < -0.3 is 15.6 Å². The number of aryl methyl sites for hydroxylation is 2. The lowest BCUT2D eigenvalue weighted by Crippen LogP contribution is -2.31. The number of aromatic amines is 1. The first-order valence-electron chi connectivity index (χ1n) is 8.36. The fourth-order valence-electron chi connectivity index (χ4n) is 2.76. The van der Waals surface area contributed by atoms with Gasteiger partial charge in [0.1, 0.15) is 0 Å². The number of H-pyrrole nitrogens is 1. The summed E-state index contributed by atoms with van der Waals surface area (Å²) in [7, 11) is 0. The van der Waals surface area contributed by atoms with E-state index in [-0.39, 0.29) is 5.56 Å². The van der Waals surface area contributed by atoms with Crippen LogP contribution in [0.2, 0.25) is 0 Å². The van der Waals surface area contributed by atoms with Crippen molar-refractivity contribution in [3.05, 3.63) is 74.0 Å². The summed E-state index contributed by atoms with van der Waals surface area (Å²) in [5.74, 6) is 0. The van der Waals surface area contributed by atoms with Gasteiger partial charge in [0.2, 0.25) is 0 Å². The number of hydrogen-bond acceptors (Lipinski definition) is 2. The number of rotatable bonds is 4. The van der Waals surface area contributed by atoms with Crippen molar-refractivity contribution in [3.8, 4) is 0 Å². The molecule has 0 saturated carbocycles. The van der Waals surface area contributed by atoms with Crippen LogP contribution in [0.1, 0.15) is 16.7 Å². The highest BCUT2D eigenvalue weighted by atomic mass is 79.9. The smallest absolute Gasteiger partial charge is 0.251 e. The Hall–Kier alpha value is -2.18. The van der Waals surface area contributed by atoms with E-state index >= 15 is 0 Å². The van der Waals surface area contributed by atoms with Crippen LogP contribution in [0.5, 0.6) is 0 Å². The molecule has 134 valence electrons. The second-order valence-electron chi connectivity index (χ2n) is 6.29. The minimum absolute atomic E-state index is 0.0478. The molecule has 4 nitrogen and oxygen atoms in total. The van der Waals surface area contributed by atoms with Crippen LogP contribution in [-0.4, -0.2) is 16.6 Å². The summed E-state index contributed by atoms with van der Waals surface area (Å²) in [4.78, 5) is 15.3. The maximum Gasteiger partial charge on any atom is 0.251 e. The van der Waals surface area contributed by atoms with Crippen molar-refractivity contribution in [2.45, 2.75) is 20.3 Å². The zero-order chi connectivity index (χ0) is 18.7. The molecular weight excluding hydrogens is 410 g/mol. The van der Waals surface area contributed by atoms with Crippen LogP contribution in [0.3, 0.4) is 0 Å². The minimum atomic E-state index is -0.0478. The van der Waals surface area contributed by atoms with E-state index in [2.05, 4.69) is 44.5 Å². The number of benzene rings is 2. The molecule has 2 aromatic carbocycles. The lowest BCUT2D eigenvalue weighted by molar-refractivity contribution is 0.863. The third kappa shape index (κ3) is 4.51. The molecule has 0 aliphatic carbocycles. The molecule has 0 bridgehead atoms. The predicted molar refractivity (Wildman–Crippen MR) is 116 cm³/mol. The van der Waals surface area contributed by atoms with Crippen LogP contribution in [-0.2, 0) is 6.42 Å². The zero-order valence-corrected chi connectivity index (χ0v) is 17.1. The molecule has 0 fully saturated rings. The fraction of sp³-hybridized carbons (Fsp3) is 0.200. The number of aromatic nitrogens is 1. The molecule has 26 heavy (non-hydrogen) atoms. The van der Waals surface area contributed by atoms with Crippen LogP contribution in [0.4, 0.5) is 5.69 Å². The van der Waals surface area contributed by atoms with Crippen molar-refractivity contribution in [3.63, 3.8) is 0 Å². The standard InChI is InChI=1S/C20H20BrN3OS/c1-12-8-15-10-14(19(25)24-18(15)9-13(12)2)6-7-22-20(26)23-17-5-3-4-16(21)11-17/h3-5,8-11H,6-7H2,1-2H3,(H,24,25)(H2,22,23,26). The minimum Gasteiger partial charge on any atom is -0.362 e. The molecule has 3 aromatic rings. The molecule has 3 rings (SSSR count). The first kappa shape index (κ1) is 18.6. The van der Waals surface area contributed by atoms with E-state index in [1.807, 2.05) is 43.3 Å². The van der Waals surface area contributed by atoms with Gasteiger partial charge in [-0.05, 0) is 85.4 Å². The number of anilines is 1. The Morgan fingerprint density at radius 1 is 1.15 bits per heavy atom. The normalized spacial score (nSPS) is 10.7. The number of halogens is 1. The summed E-state index contributed by atoms with van der Waals surface area (Å²) in [6, 6.07) is 13.9. The number of hydrogen-bond donors (Lipinski definition) is 3. The number of thiocarbonyl (C=S) groups is 1. The monoisotopic (exact) mass is 429 g/mol.